The molecular weight excluding hydrogens is 298 g/mol. The minimum absolute atomic E-state index is 0.00997. The number of hydrogen-bond acceptors (Lipinski definition) is 3. The van der Waals surface area contributed by atoms with Crippen molar-refractivity contribution in [3.8, 4) is 0 Å². The van der Waals surface area contributed by atoms with Crippen molar-refractivity contribution in [3.63, 3.8) is 0 Å². The first-order chi connectivity index (χ1) is 11.6. The van der Waals surface area contributed by atoms with Crippen molar-refractivity contribution in [3.05, 3.63) is 0 Å². The topological polar surface area (TPSA) is 29.5 Å². The van der Waals surface area contributed by atoms with Crippen LogP contribution in [0.25, 0.3) is 0 Å². The molecule has 0 aliphatic rings. The lowest BCUT2D eigenvalue weighted by molar-refractivity contribution is -0.149. The van der Waals surface area contributed by atoms with Crippen LogP contribution in [0, 0.1) is 0 Å². The highest BCUT2D eigenvalue weighted by Gasteiger charge is 2.13. The second-order valence-electron chi connectivity index (χ2n) is 7.18. The van der Waals surface area contributed by atoms with E-state index in [1.807, 2.05) is 6.92 Å². The molecule has 0 radical (unpaired) electrons. The van der Waals surface area contributed by atoms with Gasteiger partial charge in [-0.2, -0.15) is 0 Å². The molecule has 0 fully saturated rings. The lowest BCUT2D eigenvalue weighted by Gasteiger charge is -2.25. The van der Waals surface area contributed by atoms with E-state index in [0.717, 1.165) is 32.5 Å². The number of nitrogens with zero attached hydrogens (tertiary/aromatic N) is 1. The summed E-state index contributed by atoms with van der Waals surface area (Å²) in [7, 11) is 0. The second kappa shape index (κ2) is 17.3. The van der Waals surface area contributed by atoms with Gasteiger partial charge in [0.05, 0.1) is 0 Å². The van der Waals surface area contributed by atoms with E-state index < -0.39 is 0 Å². The molecule has 3 nitrogen and oxygen atoms in total. The third kappa shape index (κ3) is 15.0. The van der Waals surface area contributed by atoms with Gasteiger partial charge in [0.25, 0.3) is 0 Å². The van der Waals surface area contributed by atoms with Crippen molar-refractivity contribution in [1.82, 2.24) is 4.90 Å². The highest BCUT2D eigenvalue weighted by Crippen LogP contribution is 2.10. The van der Waals surface area contributed by atoms with Gasteiger partial charge >= 0.3 is 5.97 Å². The zero-order valence-electron chi connectivity index (χ0n) is 16.9. The van der Waals surface area contributed by atoms with E-state index in [0.29, 0.717) is 6.42 Å². The van der Waals surface area contributed by atoms with Crippen LogP contribution in [0.2, 0.25) is 0 Å². The van der Waals surface area contributed by atoms with Crippen LogP contribution in [0.3, 0.4) is 0 Å². The van der Waals surface area contributed by atoms with Crippen LogP contribution in [0.1, 0.15) is 105 Å². The maximum Gasteiger partial charge on any atom is 0.306 e. The van der Waals surface area contributed by atoms with Crippen molar-refractivity contribution >= 4 is 5.97 Å². The molecule has 0 heterocycles. The number of carbonyl (C=O) groups excluding carboxylic acids is 1. The Bertz CT molecular complexity index is 273. The molecule has 0 aliphatic carbocycles. The number of unbranched alkanes of at least 4 members (excludes halogenated alkanes) is 8. The summed E-state index contributed by atoms with van der Waals surface area (Å²) in [4.78, 5) is 14.4. The van der Waals surface area contributed by atoms with Crippen LogP contribution < -0.4 is 0 Å². The first kappa shape index (κ1) is 23.4. The van der Waals surface area contributed by atoms with Crippen LogP contribution >= 0.6 is 0 Å². The van der Waals surface area contributed by atoms with Gasteiger partial charge in [0.2, 0.25) is 0 Å². The number of hydrogen-bond donors (Lipinski definition) is 0. The molecule has 0 spiro atoms. The molecule has 0 aromatic carbocycles. The standard InChI is InChI=1S/C21H43NO2/c1-5-8-11-12-13-14-15-16-21(23)24-20(4)19-22(17-9-6-2)18-10-7-3/h20H,5-19H2,1-4H3. The van der Waals surface area contributed by atoms with Crippen LogP contribution in [-0.2, 0) is 9.53 Å². The molecule has 0 amide bonds. The van der Waals surface area contributed by atoms with Crippen LogP contribution in [-0.4, -0.2) is 36.6 Å². The smallest absolute Gasteiger partial charge is 0.306 e. The van der Waals surface area contributed by atoms with E-state index in [9.17, 15) is 4.79 Å². The van der Waals surface area contributed by atoms with Crippen LogP contribution in [0.5, 0.6) is 0 Å². The van der Waals surface area contributed by atoms with E-state index in [1.165, 1.54) is 57.8 Å². The predicted octanol–water partition coefficient (Wildman–Crippen LogP) is 5.96. The third-order valence-electron chi connectivity index (χ3n) is 4.49. The van der Waals surface area contributed by atoms with Crippen LogP contribution in [0.4, 0.5) is 0 Å². The van der Waals surface area contributed by atoms with Gasteiger partial charge in [0.1, 0.15) is 6.10 Å². The summed E-state index contributed by atoms with van der Waals surface area (Å²) in [5.41, 5.74) is 0. The zero-order valence-corrected chi connectivity index (χ0v) is 16.9. The first-order valence-corrected chi connectivity index (χ1v) is 10.6. The summed E-state index contributed by atoms with van der Waals surface area (Å²) < 4.78 is 5.61. The van der Waals surface area contributed by atoms with Crippen molar-refractivity contribution in [2.75, 3.05) is 19.6 Å². The molecule has 0 rings (SSSR count). The van der Waals surface area contributed by atoms with Crippen molar-refractivity contribution < 1.29 is 9.53 Å². The lowest BCUT2D eigenvalue weighted by Crippen LogP contribution is -2.35. The Morgan fingerprint density at radius 1 is 0.792 bits per heavy atom. The highest BCUT2D eigenvalue weighted by molar-refractivity contribution is 5.69. The zero-order chi connectivity index (χ0) is 18.0. The van der Waals surface area contributed by atoms with E-state index in [1.54, 1.807) is 0 Å². The van der Waals surface area contributed by atoms with Crippen molar-refractivity contribution in [2.45, 2.75) is 111 Å². The number of esters is 1. The van der Waals surface area contributed by atoms with Gasteiger partial charge in [-0.25, -0.2) is 0 Å². The molecule has 0 aliphatic heterocycles. The highest BCUT2D eigenvalue weighted by atomic mass is 16.5. The summed E-state index contributed by atoms with van der Waals surface area (Å²) in [5, 5.41) is 0. The van der Waals surface area contributed by atoms with E-state index in [-0.39, 0.29) is 12.1 Å². The largest absolute Gasteiger partial charge is 0.461 e. The molecule has 0 saturated carbocycles. The Labute approximate surface area is 151 Å². The van der Waals surface area contributed by atoms with Gasteiger partial charge < -0.3 is 4.74 Å². The minimum Gasteiger partial charge on any atom is -0.461 e. The van der Waals surface area contributed by atoms with Gasteiger partial charge in [-0.1, -0.05) is 72.1 Å². The fourth-order valence-electron chi connectivity index (χ4n) is 2.97. The van der Waals surface area contributed by atoms with Crippen molar-refractivity contribution in [2.24, 2.45) is 0 Å². The fourth-order valence-corrected chi connectivity index (χ4v) is 2.97. The summed E-state index contributed by atoms with van der Waals surface area (Å²) >= 11 is 0. The normalized spacial score (nSPS) is 12.5. The lowest BCUT2D eigenvalue weighted by atomic mass is 10.1. The SMILES string of the molecule is CCCCCCCCCC(=O)OC(C)CN(CCCC)CCCC. The third-order valence-corrected chi connectivity index (χ3v) is 4.49. The molecule has 144 valence electrons. The summed E-state index contributed by atoms with van der Waals surface area (Å²) in [6, 6.07) is 0. The number of ether oxygens (including phenoxy) is 1. The molecule has 1 unspecified atom stereocenters. The van der Waals surface area contributed by atoms with Gasteiger partial charge in [0, 0.05) is 13.0 Å². The molecule has 0 aromatic heterocycles. The Morgan fingerprint density at radius 3 is 1.83 bits per heavy atom. The average molecular weight is 342 g/mol. The monoisotopic (exact) mass is 341 g/mol. The van der Waals surface area contributed by atoms with Gasteiger partial charge in [0.15, 0.2) is 0 Å². The van der Waals surface area contributed by atoms with Gasteiger partial charge in [-0.15, -0.1) is 0 Å². The predicted molar refractivity (Wildman–Crippen MR) is 104 cm³/mol. The molecule has 24 heavy (non-hydrogen) atoms. The second-order valence-corrected chi connectivity index (χ2v) is 7.18. The Hall–Kier alpha value is -0.570. The maximum absolute atomic E-state index is 12.0. The Balaban J connectivity index is 3.80. The Kier molecular flexibility index (Phi) is 16.8. The summed E-state index contributed by atoms with van der Waals surface area (Å²) in [6.07, 6.45) is 14.1. The molecule has 0 bridgehead atoms. The maximum atomic E-state index is 12.0. The summed E-state index contributed by atoms with van der Waals surface area (Å²) in [5.74, 6) is -0.0120. The minimum atomic E-state index is -0.0120. The molecule has 0 saturated heterocycles. The summed E-state index contributed by atoms with van der Waals surface area (Å²) in [6.45, 7) is 11.8. The Morgan fingerprint density at radius 2 is 1.29 bits per heavy atom. The molecule has 3 heteroatoms. The number of carbonyl (C=O) groups is 1. The molecule has 0 N–H and O–H groups in total. The fraction of sp³-hybridized carbons (Fsp3) is 0.952. The van der Waals surface area contributed by atoms with E-state index in [2.05, 4.69) is 25.7 Å². The molecular formula is C21H43NO2. The van der Waals surface area contributed by atoms with E-state index in [4.69, 9.17) is 4.74 Å². The molecule has 0 aromatic rings. The van der Waals surface area contributed by atoms with Crippen molar-refractivity contribution in [1.29, 1.82) is 0 Å². The number of rotatable bonds is 17. The van der Waals surface area contributed by atoms with Gasteiger partial charge in [-0.05, 0) is 39.3 Å². The van der Waals surface area contributed by atoms with Crippen LogP contribution in [0.15, 0.2) is 0 Å². The first-order valence-electron chi connectivity index (χ1n) is 10.6. The van der Waals surface area contributed by atoms with Gasteiger partial charge in [-0.3, -0.25) is 9.69 Å². The quantitative estimate of drug-likeness (QED) is 0.241. The van der Waals surface area contributed by atoms with E-state index >= 15 is 0 Å². The average Bonchev–Trinajstić information content (AvgIpc) is 2.56. The molecule has 1 atom stereocenters.